The first kappa shape index (κ1) is 11.5. The molecule has 88 valence electrons. The number of hydrogen-bond donors (Lipinski definition) is 1. The highest BCUT2D eigenvalue weighted by molar-refractivity contribution is 5.33. The summed E-state index contributed by atoms with van der Waals surface area (Å²) in [6.07, 6.45) is 6.56. The van der Waals surface area contributed by atoms with Crippen molar-refractivity contribution in [2.24, 2.45) is 5.73 Å². The minimum atomic E-state index is 0.250. The second-order valence-corrected chi connectivity index (χ2v) is 4.93. The average Bonchev–Trinajstić information content (AvgIpc) is 2.56. The van der Waals surface area contributed by atoms with Crippen molar-refractivity contribution in [2.75, 3.05) is 0 Å². The van der Waals surface area contributed by atoms with Crippen LogP contribution < -0.4 is 5.73 Å². The van der Waals surface area contributed by atoms with E-state index in [4.69, 9.17) is 5.73 Å². The molecule has 2 unspecified atom stereocenters. The van der Waals surface area contributed by atoms with Gasteiger partial charge in [0.2, 0.25) is 0 Å². The summed E-state index contributed by atoms with van der Waals surface area (Å²) in [4.78, 5) is 0. The third kappa shape index (κ3) is 1.82. The van der Waals surface area contributed by atoms with Gasteiger partial charge < -0.3 is 10.3 Å². The lowest BCUT2D eigenvalue weighted by molar-refractivity contribution is 0.489. The monoisotopic (exact) mass is 218 g/mol. The molecule has 2 rings (SSSR count). The number of allylic oxidation sites excluding steroid dienone is 1. The van der Waals surface area contributed by atoms with Gasteiger partial charge in [-0.05, 0) is 51.2 Å². The van der Waals surface area contributed by atoms with Gasteiger partial charge in [-0.25, -0.2) is 0 Å². The molecule has 1 heterocycles. The minimum Gasteiger partial charge on any atom is -0.346 e. The number of nitrogens with zero attached hydrogens (tertiary/aromatic N) is 1. The molecule has 1 aliphatic rings. The normalized spacial score (nSPS) is 21.6. The summed E-state index contributed by atoms with van der Waals surface area (Å²) in [6, 6.07) is 3.03. The predicted octanol–water partition coefficient (Wildman–Crippen LogP) is 3.27. The Morgan fingerprint density at radius 3 is 3.12 bits per heavy atom. The van der Waals surface area contributed by atoms with Gasteiger partial charge in [0.05, 0.1) is 0 Å². The third-order valence-corrected chi connectivity index (χ3v) is 3.65. The zero-order chi connectivity index (χ0) is 11.7. The molecule has 0 amide bonds. The molecule has 2 nitrogen and oxygen atoms in total. The maximum absolute atomic E-state index is 6.17. The van der Waals surface area contributed by atoms with E-state index in [1.165, 1.54) is 29.8 Å². The van der Waals surface area contributed by atoms with Crippen LogP contribution in [0.1, 0.15) is 55.2 Å². The number of aromatic nitrogens is 1. The second-order valence-electron chi connectivity index (χ2n) is 4.93. The van der Waals surface area contributed by atoms with E-state index in [2.05, 4.69) is 31.1 Å². The van der Waals surface area contributed by atoms with Gasteiger partial charge in [-0.15, -0.1) is 6.58 Å². The van der Waals surface area contributed by atoms with Gasteiger partial charge in [0, 0.05) is 23.5 Å². The summed E-state index contributed by atoms with van der Waals surface area (Å²) in [7, 11) is 0. The van der Waals surface area contributed by atoms with E-state index in [1.807, 2.05) is 6.08 Å². The van der Waals surface area contributed by atoms with E-state index in [1.54, 1.807) is 0 Å². The highest BCUT2D eigenvalue weighted by Gasteiger charge is 2.23. The Morgan fingerprint density at radius 1 is 1.69 bits per heavy atom. The Labute approximate surface area is 98.1 Å². The van der Waals surface area contributed by atoms with E-state index >= 15 is 0 Å². The van der Waals surface area contributed by atoms with Gasteiger partial charge in [0.1, 0.15) is 0 Å². The molecule has 0 fully saturated rings. The van der Waals surface area contributed by atoms with Crippen LogP contribution in [-0.2, 0) is 6.42 Å². The van der Waals surface area contributed by atoms with Gasteiger partial charge in [-0.1, -0.05) is 6.08 Å². The van der Waals surface area contributed by atoms with Crippen LogP contribution in [0.2, 0.25) is 0 Å². The fourth-order valence-corrected chi connectivity index (χ4v) is 2.92. The molecule has 0 aliphatic heterocycles. The van der Waals surface area contributed by atoms with Crippen molar-refractivity contribution in [3.8, 4) is 0 Å². The molecule has 0 spiro atoms. The molecule has 2 heteroatoms. The summed E-state index contributed by atoms with van der Waals surface area (Å²) < 4.78 is 2.45. The smallest absolute Gasteiger partial charge is 0.0342 e. The third-order valence-electron chi connectivity index (χ3n) is 3.65. The molecule has 0 bridgehead atoms. The molecule has 0 radical (unpaired) electrons. The van der Waals surface area contributed by atoms with Crippen molar-refractivity contribution < 1.29 is 0 Å². The Kier molecular flexibility index (Phi) is 3.20. The summed E-state index contributed by atoms with van der Waals surface area (Å²) in [5.74, 6) is 0. The van der Waals surface area contributed by atoms with E-state index in [0.29, 0.717) is 6.04 Å². The molecule has 1 aromatic heterocycles. The van der Waals surface area contributed by atoms with Crippen LogP contribution in [0.15, 0.2) is 18.7 Å². The predicted molar refractivity (Wildman–Crippen MR) is 68.6 cm³/mol. The molecule has 1 aliphatic carbocycles. The van der Waals surface area contributed by atoms with Crippen molar-refractivity contribution in [3.63, 3.8) is 0 Å². The van der Waals surface area contributed by atoms with E-state index in [0.717, 1.165) is 12.8 Å². The van der Waals surface area contributed by atoms with Gasteiger partial charge >= 0.3 is 0 Å². The van der Waals surface area contributed by atoms with E-state index < -0.39 is 0 Å². The molecule has 2 N–H and O–H groups in total. The van der Waals surface area contributed by atoms with Crippen LogP contribution in [0, 0.1) is 6.92 Å². The first-order valence-corrected chi connectivity index (χ1v) is 6.22. The summed E-state index contributed by atoms with van der Waals surface area (Å²) in [5, 5.41) is 0. The molecule has 0 aromatic carbocycles. The molecule has 0 saturated carbocycles. The highest BCUT2D eigenvalue weighted by atomic mass is 15.0. The Morgan fingerprint density at radius 2 is 2.44 bits per heavy atom. The molecule has 0 saturated heterocycles. The quantitative estimate of drug-likeness (QED) is 0.776. The standard InChI is InChI=1S/C14H22N2/c1-4-6-10(2)16-11(3)9-12-13(15)7-5-8-14(12)16/h4,9-10,13H,1,5-8,15H2,2-3H3. The lowest BCUT2D eigenvalue weighted by Gasteiger charge is -2.24. The molecule has 2 atom stereocenters. The fraction of sp³-hybridized carbons (Fsp3) is 0.571. The maximum atomic E-state index is 6.17. The molecule has 16 heavy (non-hydrogen) atoms. The van der Waals surface area contributed by atoms with E-state index in [-0.39, 0.29) is 6.04 Å². The van der Waals surface area contributed by atoms with Gasteiger partial charge in [-0.2, -0.15) is 0 Å². The van der Waals surface area contributed by atoms with Crippen LogP contribution in [-0.4, -0.2) is 4.57 Å². The highest BCUT2D eigenvalue weighted by Crippen LogP contribution is 2.33. The largest absolute Gasteiger partial charge is 0.346 e. The lowest BCUT2D eigenvalue weighted by Crippen LogP contribution is -2.19. The molecular weight excluding hydrogens is 196 g/mol. The van der Waals surface area contributed by atoms with E-state index in [9.17, 15) is 0 Å². The van der Waals surface area contributed by atoms with Crippen molar-refractivity contribution in [1.29, 1.82) is 0 Å². The number of rotatable bonds is 3. The second kappa shape index (κ2) is 4.46. The van der Waals surface area contributed by atoms with Crippen molar-refractivity contribution in [1.82, 2.24) is 4.57 Å². The summed E-state index contributed by atoms with van der Waals surface area (Å²) >= 11 is 0. The first-order chi connectivity index (χ1) is 7.65. The van der Waals surface area contributed by atoms with Crippen molar-refractivity contribution in [3.05, 3.63) is 35.7 Å². The van der Waals surface area contributed by atoms with Gasteiger partial charge in [0.15, 0.2) is 0 Å². The Bertz CT molecular complexity index is 390. The zero-order valence-electron chi connectivity index (χ0n) is 10.4. The lowest BCUT2D eigenvalue weighted by atomic mass is 9.93. The van der Waals surface area contributed by atoms with Crippen molar-refractivity contribution in [2.45, 2.75) is 51.6 Å². The van der Waals surface area contributed by atoms with Crippen molar-refractivity contribution >= 4 is 0 Å². The number of nitrogens with two attached hydrogens (primary N) is 1. The Hall–Kier alpha value is -1.02. The number of fused-ring (bicyclic) bond motifs is 1. The van der Waals surface area contributed by atoms with Crippen LogP contribution >= 0.6 is 0 Å². The number of aryl methyl sites for hydroxylation is 1. The van der Waals surface area contributed by atoms with Crippen LogP contribution in [0.4, 0.5) is 0 Å². The van der Waals surface area contributed by atoms with Crippen LogP contribution in [0.3, 0.4) is 0 Å². The summed E-state index contributed by atoms with van der Waals surface area (Å²) in [6.45, 7) is 8.27. The SMILES string of the molecule is C=CCC(C)n1c(C)cc2c1CCCC2N. The topological polar surface area (TPSA) is 30.9 Å². The molecule has 1 aromatic rings. The van der Waals surface area contributed by atoms with Crippen LogP contribution in [0.25, 0.3) is 0 Å². The Balaban J connectivity index is 2.41. The zero-order valence-corrected chi connectivity index (χ0v) is 10.4. The first-order valence-electron chi connectivity index (χ1n) is 6.22. The fourth-order valence-electron chi connectivity index (χ4n) is 2.92. The average molecular weight is 218 g/mol. The summed E-state index contributed by atoms with van der Waals surface area (Å²) in [5.41, 5.74) is 10.4. The van der Waals surface area contributed by atoms with Gasteiger partial charge in [0.25, 0.3) is 0 Å². The maximum Gasteiger partial charge on any atom is 0.0342 e. The molecular formula is C14H22N2. The number of hydrogen-bond acceptors (Lipinski definition) is 1. The van der Waals surface area contributed by atoms with Gasteiger partial charge in [-0.3, -0.25) is 0 Å². The van der Waals surface area contributed by atoms with Crippen LogP contribution in [0.5, 0.6) is 0 Å². The minimum absolute atomic E-state index is 0.250.